The van der Waals surface area contributed by atoms with Crippen LogP contribution in [0, 0.1) is 18.6 Å². The molecule has 4 rings (SSSR count). The summed E-state index contributed by atoms with van der Waals surface area (Å²) in [5.41, 5.74) is 3.80. The monoisotopic (exact) mass is 381 g/mol. The van der Waals surface area contributed by atoms with Crippen LogP contribution in [-0.4, -0.2) is 28.0 Å². The van der Waals surface area contributed by atoms with Crippen molar-refractivity contribution >= 4 is 11.6 Å². The fourth-order valence-electron chi connectivity index (χ4n) is 3.42. The Balaban J connectivity index is 1.47. The van der Waals surface area contributed by atoms with E-state index in [0.29, 0.717) is 25.1 Å². The molecule has 1 N–H and O–H groups in total. The number of hydrogen-bond acceptors (Lipinski definition) is 5. The fraction of sp³-hybridized carbons (Fsp3) is 0.286. The average Bonchev–Trinajstić information content (AvgIpc) is 2.68. The van der Waals surface area contributed by atoms with Gasteiger partial charge in [0.2, 0.25) is 0 Å². The largest absolute Gasteiger partial charge is 0.369 e. The van der Waals surface area contributed by atoms with Crippen LogP contribution in [-0.2, 0) is 19.4 Å². The van der Waals surface area contributed by atoms with Crippen molar-refractivity contribution < 1.29 is 8.78 Å². The summed E-state index contributed by atoms with van der Waals surface area (Å²) in [4.78, 5) is 15.5. The lowest BCUT2D eigenvalue weighted by atomic mass is 10.1. The summed E-state index contributed by atoms with van der Waals surface area (Å²) >= 11 is 0. The van der Waals surface area contributed by atoms with Gasteiger partial charge < -0.3 is 10.2 Å². The lowest BCUT2D eigenvalue weighted by molar-refractivity contribution is 0.580. The molecule has 0 radical (unpaired) electrons. The number of halogens is 2. The zero-order valence-electron chi connectivity index (χ0n) is 15.6. The number of aryl methyl sites for hydroxylation is 1. The maximum absolute atomic E-state index is 13.3. The lowest BCUT2D eigenvalue weighted by Crippen LogP contribution is -2.32. The van der Waals surface area contributed by atoms with E-state index >= 15 is 0 Å². The first-order chi connectivity index (χ1) is 13.6. The number of anilines is 2. The topological polar surface area (TPSA) is 53.9 Å². The molecule has 0 spiro atoms. The van der Waals surface area contributed by atoms with Gasteiger partial charge in [0, 0.05) is 43.9 Å². The van der Waals surface area contributed by atoms with E-state index in [4.69, 9.17) is 0 Å². The highest BCUT2D eigenvalue weighted by molar-refractivity contribution is 5.52. The minimum Gasteiger partial charge on any atom is -0.369 e. The van der Waals surface area contributed by atoms with Crippen molar-refractivity contribution in [3.05, 3.63) is 76.9 Å². The molecule has 7 heteroatoms. The molecule has 0 bridgehead atoms. The van der Waals surface area contributed by atoms with Crippen molar-refractivity contribution in [1.29, 1.82) is 0 Å². The van der Waals surface area contributed by atoms with Crippen molar-refractivity contribution in [2.45, 2.75) is 26.3 Å². The number of hydrogen-bond donors (Lipinski definition) is 1. The van der Waals surface area contributed by atoms with Gasteiger partial charge in [0.05, 0.1) is 5.69 Å². The number of pyridine rings is 1. The third kappa shape index (κ3) is 4.08. The summed E-state index contributed by atoms with van der Waals surface area (Å²) in [5, 5.41) is 3.30. The number of rotatable bonds is 5. The van der Waals surface area contributed by atoms with Crippen LogP contribution in [0.15, 0.2) is 42.9 Å². The van der Waals surface area contributed by atoms with Gasteiger partial charge >= 0.3 is 0 Å². The molecule has 144 valence electrons. The summed E-state index contributed by atoms with van der Waals surface area (Å²) < 4.78 is 26.7. The highest BCUT2D eigenvalue weighted by atomic mass is 19.1. The Morgan fingerprint density at radius 2 is 1.89 bits per heavy atom. The molecule has 28 heavy (non-hydrogen) atoms. The summed E-state index contributed by atoms with van der Waals surface area (Å²) in [5.74, 6) is 0.575. The molecule has 0 atom stereocenters. The Kier molecular flexibility index (Phi) is 5.14. The molecular formula is C21H21F2N5. The van der Waals surface area contributed by atoms with Gasteiger partial charge in [-0.2, -0.15) is 0 Å². The van der Waals surface area contributed by atoms with Gasteiger partial charge in [-0.3, -0.25) is 0 Å². The minimum atomic E-state index is -0.560. The first-order valence-electron chi connectivity index (χ1n) is 9.28. The molecule has 5 nitrogen and oxygen atoms in total. The van der Waals surface area contributed by atoms with Crippen molar-refractivity contribution in [2.24, 2.45) is 0 Å². The minimum absolute atomic E-state index is 0.497. The van der Waals surface area contributed by atoms with Crippen molar-refractivity contribution in [3.63, 3.8) is 0 Å². The smallest absolute Gasteiger partial charge is 0.134 e. The van der Waals surface area contributed by atoms with Gasteiger partial charge in [0.1, 0.15) is 29.6 Å². The molecule has 3 heterocycles. The van der Waals surface area contributed by atoms with Gasteiger partial charge in [0.15, 0.2) is 0 Å². The SMILES string of the molecule is Cc1ccc(N2CCc3ncnc(NCCc4cc(F)cc(F)c4)c3C2)nc1. The number of fused-ring (bicyclic) bond motifs is 1. The maximum atomic E-state index is 13.3. The van der Waals surface area contributed by atoms with E-state index in [1.54, 1.807) is 6.33 Å². The number of benzene rings is 1. The lowest BCUT2D eigenvalue weighted by Gasteiger charge is -2.30. The van der Waals surface area contributed by atoms with Crippen LogP contribution in [0.2, 0.25) is 0 Å². The van der Waals surface area contributed by atoms with Crippen molar-refractivity contribution in [3.8, 4) is 0 Å². The molecule has 0 aliphatic carbocycles. The Hall–Kier alpha value is -3.09. The quantitative estimate of drug-likeness (QED) is 0.731. The summed E-state index contributed by atoms with van der Waals surface area (Å²) in [6.07, 6.45) is 4.74. The molecule has 0 fully saturated rings. The predicted molar refractivity (Wildman–Crippen MR) is 104 cm³/mol. The first kappa shape index (κ1) is 18.3. The molecule has 1 aromatic carbocycles. The number of nitrogens with one attached hydrogen (secondary N) is 1. The molecular weight excluding hydrogens is 360 g/mol. The molecule has 0 saturated carbocycles. The van der Waals surface area contributed by atoms with Crippen LogP contribution in [0.4, 0.5) is 20.4 Å². The van der Waals surface area contributed by atoms with Gasteiger partial charge in [-0.15, -0.1) is 0 Å². The van der Waals surface area contributed by atoms with E-state index < -0.39 is 11.6 Å². The molecule has 0 saturated heterocycles. The van der Waals surface area contributed by atoms with Crippen LogP contribution < -0.4 is 10.2 Å². The van der Waals surface area contributed by atoms with Crippen molar-refractivity contribution in [1.82, 2.24) is 15.0 Å². The first-order valence-corrected chi connectivity index (χ1v) is 9.28. The van der Waals surface area contributed by atoms with Gasteiger partial charge in [-0.1, -0.05) is 6.07 Å². The molecule has 0 amide bonds. The van der Waals surface area contributed by atoms with Gasteiger partial charge in [0.25, 0.3) is 0 Å². The zero-order chi connectivity index (χ0) is 19.5. The van der Waals surface area contributed by atoms with Crippen LogP contribution in [0.5, 0.6) is 0 Å². The molecule has 3 aromatic rings. The molecule has 0 unspecified atom stereocenters. The second-order valence-corrected chi connectivity index (χ2v) is 6.97. The van der Waals surface area contributed by atoms with E-state index in [-0.39, 0.29) is 0 Å². The second kappa shape index (κ2) is 7.88. The average molecular weight is 381 g/mol. The number of nitrogens with zero attached hydrogens (tertiary/aromatic N) is 4. The Morgan fingerprint density at radius 1 is 1.07 bits per heavy atom. The highest BCUT2D eigenvalue weighted by Crippen LogP contribution is 2.26. The number of aromatic nitrogens is 3. The summed E-state index contributed by atoms with van der Waals surface area (Å²) in [6.45, 7) is 4.06. The second-order valence-electron chi connectivity index (χ2n) is 6.97. The van der Waals surface area contributed by atoms with Crippen LogP contribution >= 0.6 is 0 Å². The van der Waals surface area contributed by atoms with E-state index in [1.165, 1.54) is 12.1 Å². The van der Waals surface area contributed by atoms with Crippen LogP contribution in [0.25, 0.3) is 0 Å². The Labute approximate surface area is 162 Å². The van der Waals surface area contributed by atoms with Crippen LogP contribution in [0.3, 0.4) is 0 Å². The van der Waals surface area contributed by atoms with Gasteiger partial charge in [-0.05, 0) is 42.7 Å². The van der Waals surface area contributed by atoms with E-state index in [1.807, 2.05) is 19.2 Å². The van der Waals surface area contributed by atoms with E-state index in [9.17, 15) is 8.78 Å². The zero-order valence-corrected chi connectivity index (χ0v) is 15.6. The predicted octanol–water partition coefficient (Wildman–Crippen LogP) is 3.68. The third-order valence-corrected chi connectivity index (χ3v) is 4.85. The fourth-order valence-corrected chi connectivity index (χ4v) is 3.42. The van der Waals surface area contributed by atoms with E-state index in [0.717, 1.165) is 47.5 Å². The highest BCUT2D eigenvalue weighted by Gasteiger charge is 2.21. The van der Waals surface area contributed by atoms with E-state index in [2.05, 4.69) is 31.2 Å². The van der Waals surface area contributed by atoms with Crippen molar-refractivity contribution in [2.75, 3.05) is 23.3 Å². The summed E-state index contributed by atoms with van der Waals surface area (Å²) in [7, 11) is 0. The molecule has 1 aliphatic heterocycles. The van der Waals surface area contributed by atoms with Gasteiger partial charge in [-0.25, -0.2) is 23.7 Å². The third-order valence-electron chi connectivity index (χ3n) is 4.85. The Morgan fingerprint density at radius 3 is 2.64 bits per heavy atom. The molecule has 1 aliphatic rings. The maximum Gasteiger partial charge on any atom is 0.134 e. The molecule has 2 aromatic heterocycles. The Bertz CT molecular complexity index is 955. The summed E-state index contributed by atoms with van der Waals surface area (Å²) in [6, 6.07) is 7.66. The normalized spacial score (nSPS) is 13.3. The standard InChI is InChI=1S/C21H21F2N5/c1-14-2-3-20(25-11-14)28-7-5-19-18(12-28)21(27-13-26-19)24-6-4-15-8-16(22)10-17(23)9-15/h2-3,8-11,13H,4-7,12H2,1H3,(H,24,26,27). The van der Waals surface area contributed by atoms with Crippen LogP contribution in [0.1, 0.15) is 22.4 Å².